The molecule has 0 saturated heterocycles. The lowest BCUT2D eigenvalue weighted by atomic mass is 10.2. The fourth-order valence-corrected chi connectivity index (χ4v) is 1.55. The van der Waals surface area contributed by atoms with Crippen LogP contribution in [0.4, 0.5) is 0 Å². The van der Waals surface area contributed by atoms with Crippen LogP contribution in [0, 0.1) is 0 Å². The maximum Gasteiger partial charge on any atom is 0.217 e. The molecule has 18 heavy (non-hydrogen) atoms. The highest BCUT2D eigenvalue weighted by molar-refractivity contribution is 5.40. The van der Waals surface area contributed by atoms with Gasteiger partial charge in [-0.2, -0.15) is 4.68 Å². The van der Waals surface area contributed by atoms with Gasteiger partial charge in [-0.3, -0.25) is 0 Å². The Hall–Kier alpha value is -2.10. The van der Waals surface area contributed by atoms with E-state index in [1.54, 1.807) is 17.1 Å². The van der Waals surface area contributed by atoms with Crippen LogP contribution in [0.3, 0.4) is 0 Å². The second-order valence-corrected chi connectivity index (χ2v) is 3.95. The number of nitrogens with zero attached hydrogens (tertiary/aromatic N) is 3. The van der Waals surface area contributed by atoms with Crippen LogP contribution in [0.5, 0.6) is 5.75 Å². The van der Waals surface area contributed by atoms with E-state index >= 15 is 0 Å². The molecule has 0 aliphatic rings. The van der Waals surface area contributed by atoms with Gasteiger partial charge in [0.2, 0.25) is 5.88 Å². The van der Waals surface area contributed by atoms with Crippen LogP contribution in [0.2, 0.25) is 0 Å². The van der Waals surface area contributed by atoms with Gasteiger partial charge in [-0.05, 0) is 31.1 Å². The SMILES string of the molecule is CCCCC=C(Oc1ccccc1)n1ccnn1. The lowest BCUT2D eigenvalue weighted by Gasteiger charge is -2.09. The van der Waals surface area contributed by atoms with Gasteiger partial charge in [0, 0.05) is 0 Å². The molecule has 0 bridgehead atoms. The molecule has 4 heteroatoms. The van der Waals surface area contributed by atoms with Crippen molar-refractivity contribution in [2.45, 2.75) is 26.2 Å². The zero-order chi connectivity index (χ0) is 12.6. The molecule has 0 aliphatic carbocycles. The number of ether oxygens (including phenoxy) is 1. The predicted molar refractivity (Wildman–Crippen MR) is 70.9 cm³/mol. The molecule has 0 atom stereocenters. The minimum Gasteiger partial charge on any atom is -0.439 e. The third-order valence-electron chi connectivity index (χ3n) is 2.49. The van der Waals surface area contributed by atoms with Crippen molar-refractivity contribution in [3.05, 3.63) is 48.8 Å². The average Bonchev–Trinajstić information content (AvgIpc) is 2.93. The van der Waals surface area contributed by atoms with Crippen LogP contribution in [0.25, 0.3) is 5.88 Å². The van der Waals surface area contributed by atoms with E-state index in [0.717, 1.165) is 25.0 Å². The Bertz CT molecular complexity index is 477. The molecule has 2 rings (SSSR count). The minimum absolute atomic E-state index is 0.701. The minimum atomic E-state index is 0.701. The van der Waals surface area contributed by atoms with Crippen molar-refractivity contribution in [3.8, 4) is 5.75 Å². The van der Waals surface area contributed by atoms with Crippen molar-refractivity contribution in [3.63, 3.8) is 0 Å². The largest absolute Gasteiger partial charge is 0.439 e. The summed E-state index contributed by atoms with van der Waals surface area (Å²) in [5.74, 6) is 1.50. The summed E-state index contributed by atoms with van der Waals surface area (Å²) in [6.07, 6.45) is 8.73. The third-order valence-corrected chi connectivity index (χ3v) is 2.49. The zero-order valence-electron chi connectivity index (χ0n) is 10.5. The molecular weight excluding hydrogens is 226 g/mol. The van der Waals surface area contributed by atoms with Gasteiger partial charge < -0.3 is 4.74 Å². The number of unbranched alkanes of at least 4 members (excludes halogenated alkanes) is 2. The molecule has 0 unspecified atom stereocenters. The van der Waals surface area contributed by atoms with E-state index in [4.69, 9.17) is 4.74 Å². The van der Waals surface area contributed by atoms with Gasteiger partial charge in [0.15, 0.2) is 0 Å². The van der Waals surface area contributed by atoms with Gasteiger partial charge in [-0.1, -0.05) is 36.8 Å². The number of rotatable bonds is 6. The molecule has 0 radical (unpaired) electrons. The second-order valence-electron chi connectivity index (χ2n) is 3.95. The van der Waals surface area contributed by atoms with E-state index in [-0.39, 0.29) is 0 Å². The number of aromatic nitrogens is 3. The van der Waals surface area contributed by atoms with Crippen molar-refractivity contribution in [1.82, 2.24) is 15.0 Å². The summed E-state index contributed by atoms with van der Waals surface area (Å²) < 4.78 is 7.47. The van der Waals surface area contributed by atoms with Gasteiger partial charge in [0.05, 0.1) is 12.4 Å². The number of hydrogen-bond donors (Lipinski definition) is 0. The molecule has 0 saturated carbocycles. The normalized spacial score (nSPS) is 11.5. The van der Waals surface area contributed by atoms with Crippen LogP contribution in [0.1, 0.15) is 26.2 Å². The van der Waals surface area contributed by atoms with Crippen LogP contribution in [-0.2, 0) is 0 Å². The Balaban J connectivity index is 2.13. The molecule has 0 spiro atoms. The first-order valence-electron chi connectivity index (χ1n) is 6.20. The number of hydrogen-bond acceptors (Lipinski definition) is 3. The Morgan fingerprint density at radius 2 is 2.17 bits per heavy atom. The molecule has 0 amide bonds. The Labute approximate surface area is 107 Å². The molecular formula is C14H17N3O. The standard InChI is InChI=1S/C14H17N3O/c1-2-3-5-10-14(17-12-11-15-16-17)18-13-8-6-4-7-9-13/h4,6-12H,2-3,5H2,1H3. The van der Waals surface area contributed by atoms with Crippen molar-refractivity contribution < 1.29 is 4.74 Å². The molecule has 94 valence electrons. The lowest BCUT2D eigenvalue weighted by Crippen LogP contribution is -2.05. The molecule has 1 aromatic heterocycles. The first-order valence-corrected chi connectivity index (χ1v) is 6.20. The second kappa shape index (κ2) is 6.59. The summed E-state index contributed by atoms with van der Waals surface area (Å²) in [5.41, 5.74) is 0. The summed E-state index contributed by atoms with van der Waals surface area (Å²) >= 11 is 0. The molecule has 4 nitrogen and oxygen atoms in total. The highest BCUT2D eigenvalue weighted by atomic mass is 16.5. The maximum absolute atomic E-state index is 5.83. The topological polar surface area (TPSA) is 39.9 Å². The van der Waals surface area contributed by atoms with Crippen molar-refractivity contribution in [1.29, 1.82) is 0 Å². The maximum atomic E-state index is 5.83. The zero-order valence-corrected chi connectivity index (χ0v) is 10.5. The molecule has 1 aromatic carbocycles. The quantitative estimate of drug-likeness (QED) is 0.577. The van der Waals surface area contributed by atoms with Crippen molar-refractivity contribution >= 4 is 5.88 Å². The molecule has 2 aromatic rings. The van der Waals surface area contributed by atoms with Crippen LogP contribution in [0.15, 0.2) is 48.8 Å². The summed E-state index contributed by atoms with van der Waals surface area (Å²) in [5, 5.41) is 7.77. The van der Waals surface area contributed by atoms with Gasteiger partial charge in [-0.15, -0.1) is 5.10 Å². The van der Waals surface area contributed by atoms with Crippen molar-refractivity contribution in [2.24, 2.45) is 0 Å². The highest BCUT2D eigenvalue weighted by Gasteiger charge is 2.03. The highest BCUT2D eigenvalue weighted by Crippen LogP contribution is 2.16. The van der Waals surface area contributed by atoms with E-state index in [9.17, 15) is 0 Å². The van der Waals surface area contributed by atoms with Gasteiger partial charge in [0.1, 0.15) is 5.75 Å². The third kappa shape index (κ3) is 3.45. The van der Waals surface area contributed by atoms with Gasteiger partial charge in [-0.25, -0.2) is 0 Å². The van der Waals surface area contributed by atoms with Gasteiger partial charge in [0.25, 0.3) is 0 Å². The molecule has 0 N–H and O–H groups in total. The Kier molecular flexibility index (Phi) is 4.53. The molecule has 0 aliphatic heterocycles. The summed E-state index contributed by atoms with van der Waals surface area (Å²) in [4.78, 5) is 0. The monoisotopic (exact) mass is 243 g/mol. The van der Waals surface area contributed by atoms with Crippen molar-refractivity contribution in [2.75, 3.05) is 0 Å². The van der Waals surface area contributed by atoms with Crippen LogP contribution < -0.4 is 4.74 Å². The predicted octanol–water partition coefficient (Wildman–Crippen LogP) is 3.35. The number of para-hydroxylation sites is 1. The van der Waals surface area contributed by atoms with Crippen LogP contribution >= 0.6 is 0 Å². The van der Waals surface area contributed by atoms with E-state index in [0.29, 0.717) is 5.88 Å². The summed E-state index contributed by atoms with van der Waals surface area (Å²) in [6, 6.07) is 9.69. The van der Waals surface area contributed by atoms with E-state index in [1.165, 1.54) is 0 Å². The summed E-state index contributed by atoms with van der Waals surface area (Å²) in [7, 11) is 0. The number of benzene rings is 1. The number of allylic oxidation sites excluding steroid dienone is 1. The fraction of sp³-hybridized carbons (Fsp3) is 0.286. The Morgan fingerprint density at radius 1 is 1.33 bits per heavy atom. The fourth-order valence-electron chi connectivity index (χ4n) is 1.55. The first-order chi connectivity index (χ1) is 8.90. The Morgan fingerprint density at radius 3 is 2.83 bits per heavy atom. The lowest BCUT2D eigenvalue weighted by molar-refractivity contribution is 0.459. The smallest absolute Gasteiger partial charge is 0.217 e. The summed E-state index contributed by atoms with van der Waals surface area (Å²) in [6.45, 7) is 2.17. The van der Waals surface area contributed by atoms with Crippen LogP contribution in [-0.4, -0.2) is 15.0 Å². The van der Waals surface area contributed by atoms with E-state index in [1.807, 2.05) is 36.4 Å². The average molecular weight is 243 g/mol. The first kappa shape index (κ1) is 12.4. The molecule has 1 heterocycles. The van der Waals surface area contributed by atoms with Gasteiger partial charge >= 0.3 is 0 Å². The molecule has 0 fully saturated rings. The van der Waals surface area contributed by atoms with E-state index in [2.05, 4.69) is 17.2 Å². The van der Waals surface area contributed by atoms with E-state index < -0.39 is 0 Å².